The Labute approximate surface area is 130 Å². The van der Waals surface area contributed by atoms with Crippen molar-refractivity contribution >= 4 is 32.7 Å². The quantitative estimate of drug-likeness (QED) is 0.482. The van der Waals surface area contributed by atoms with Gasteiger partial charge in [-0.25, -0.2) is 9.97 Å². The van der Waals surface area contributed by atoms with Crippen LogP contribution in [0.3, 0.4) is 0 Å². The molecule has 1 aliphatic rings. The lowest BCUT2D eigenvalue weighted by Crippen LogP contribution is -2.01. The van der Waals surface area contributed by atoms with Gasteiger partial charge in [0.2, 0.25) is 5.78 Å². The second kappa shape index (κ2) is 4.21. The fourth-order valence-corrected chi connectivity index (χ4v) is 3.29. The molecule has 1 heterocycles. The van der Waals surface area contributed by atoms with Crippen LogP contribution in [-0.2, 0) is 0 Å². The van der Waals surface area contributed by atoms with E-state index in [0.717, 1.165) is 32.2 Å². The van der Waals surface area contributed by atoms with Gasteiger partial charge in [-0.05, 0) is 31.0 Å². The highest BCUT2D eigenvalue weighted by molar-refractivity contribution is 9.10. The van der Waals surface area contributed by atoms with Crippen LogP contribution in [0.4, 0.5) is 0 Å². The van der Waals surface area contributed by atoms with E-state index in [1.165, 1.54) is 0 Å². The summed E-state index contributed by atoms with van der Waals surface area (Å²) < 4.78 is 1.01. The topological polar surface area (TPSA) is 42.9 Å². The van der Waals surface area contributed by atoms with E-state index in [1.54, 1.807) is 0 Å². The van der Waals surface area contributed by atoms with Gasteiger partial charge in [0.25, 0.3) is 0 Å². The summed E-state index contributed by atoms with van der Waals surface area (Å²) >= 11 is 3.56. The first-order chi connectivity index (χ1) is 10.1. The van der Waals surface area contributed by atoms with Crippen molar-refractivity contribution in [2.24, 2.45) is 0 Å². The third-order valence-electron chi connectivity index (χ3n) is 4.10. The van der Waals surface area contributed by atoms with Crippen LogP contribution in [0.5, 0.6) is 0 Å². The lowest BCUT2D eigenvalue weighted by atomic mass is 10.1. The first-order valence-corrected chi connectivity index (χ1v) is 7.49. The van der Waals surface area contributed by atoms with Crippen LogP contribution in [0.15, 0.2) is 34.8 Å². The highest BCUT2D eigenvalue weighted by atomic mass is 79.9. The molecule has 102 valence electrons. The lowest BCUT2D eigenvalue weighted by molar-refractivity contribution is 0.103. The van der Waals surface area contributed by atoms with Crippen molar-refractivity contribution in [3.63, 3.8) is 0 Å². The van der Waals surface area contributed by atoms with E-state index in [4.69, 9.17) is 4.98 Å². The molecule has 0 unspecified atom stereocenters. The molecule has 0 radical (unpaired) electrons. The zero-order chi connectivity index (χ0) is 14.7. The molecule has 0 saturated heterocycles. The largest absolute Gasteiger partial charge is 0.287 e. The van der Waals surface area contributed by atoms with Crippen molar-refractivity contribution in [3.05, 3.63) is 57.2 Å². The van der Waals surface area contributed by atoms with Gasteiger partial charge in [-0.1, -0.05) is 40.2 Å². The minimum Gasteiger partial charge on any atom is -0.287 e. The van der Waals surface area contributed by atoms with Crippen molar-refractivity contribution < 1.29 is 4.79 Å². The fraction of sp³-hybridized carbons (Fsp3) is 0.118. The van der Waals surface area contributed by atoms with E-state index >= 15 is 0 Å². The summed E-state index contributed by atoms with van der Waals surface area (Å²) in [5.74, 6) is -0.0324. The predicted molar refractivity (Wildman–Crippen MR) is 85.6 cm³/mol. The molecular formula is C17H11BrN2O. The minimum absolute atomic E-state index is 0.0324. The Hall–Kier alpha value is -2.07. The molecular weight excluding hydrogens is 328 g/mol. The maximum atomic E-state index is 12.5. The second-order valence-corrected chi connectivity index (χ2v) is 6.13. The van der Waals surface area contributed by atoms with E-state index in [1.807, 2.05) is 44.2 Å². The number of aromatic nitrogens is 2. The standard InChI is InChI=1S/C17H11BrN2O/c1-8-9(2)14-13(7-12(8)18)19-15-10-5-3-4-6-11(10)17(21)16(15)20-14/h3-7H,1-2H3. The molecule has 0 amide bonds. The van der Waals surface area contributed by atoms with Gasteiger partial charge >= 0.3 is 0 Å². The maximum Gasteiger partial charge on any atom is 0.214 e. The number of carbonyl (C=O) groups is 1. The summed E-state index contributed by atoms with van der Waals surface area (Å²) in [5.41, 5.74) is 6.52. The van der Waals surface area contributed by atoms with Gasteiger partial charge in [0, 0.05) is 15.6 Å². The Balaban J connectivity index is 2.13. The van der Waals surface area contributed by atoms with Gasteiger partial charge in [0.15, 0.2) is 0 Å². The first-order valence-electron chi connectivity index (χ1n) is 6.69. The zero-order valence-electron chi connectivity index (χ0n) is 11.6. The Morgan fingerprint density at radius 2 is 1.67 bits per heavy atom. The SMILES string of the molecule is Cc1c(Br)cc2nc3c(nc2c1C)C(=O)c1ccccc1-3. The van der Waals surface area contributed by atoms with E-state index in [-0.39, 0.29) is 5.78 Å². The van der Waals surface area contributed by atoms with E-state index < -0.39 is 0 Å². The van der Waals surface area contributed by atoms with E-state index in [0.29, 0.717) is 17.0 Å². The van der Waals surface area contributed by atoms with Crippen molar-refractivity contribution in [3.8, 4) is 11.3 Å². The van der Waals surface area contributed by atoms with Crippen LogP contribution >= 0.6 is 15.9 Å². The summed E-state index contributed by atoms with van der Waals surface area (Å²) in [4.78, 5) is 21.8. The predicted octanol–water partition coefficient (Wildman–Crippen LogP) is 4.22. The number of carbonyl (C=O) groups excluding carboxylic acids is 1. The van der Waals surface area contributed by atoms with Crippen LogP contribution in [-0.4, -0.2) is 15.8 Å². The maximum absolute atomic E-state index is 12.5. The number of fused-ring (bicyclic) bond motifs is 4. The van der Waals surface area contributed by atoms with Crippen molar-refractivity contribution in [1.29, 1.82) is 0 Å². The number of benzene rings is 2. The first kappa shape index (κ1) is 12.7. The Morgan fingerprint density at radius 1 is 0.952 bits per heavy atom. The molecule has 0 saturated carbocycles. The van der Waals surface area contributed by atoms with Crippen molar-refractivity contribution in [1.82, 2.24) is 9.97 Å². The lowest BCUT2D eigenvalue weighted by Gasteiger charge is -2.08. The molecule has 0 atom stereocenters. The van der Waals surface area contributed by atoms with Crippen LogP contribution in [0.2, 0.25) is 0 Å². The highest BCUT2D eigenvalue weighted by Crippen LogP contribution is 2.36. The smallest absolute Gasteiger partial charge is 0.214 e. The van der Waals surface area contributed by atoms with Crippen LogP contribution < -0.4 is 0 Å². The van der Waals surface area contributed by atoms with Crippen LogP contribution in [0.1, 0.15) is 27.2 Å². The molecule has 1 aromatic heterocycles. The molecule has 0 aliphatic heterocycles. The number of rotatable bonds is 0. The minimum atomic E-state index is -0.0324. The summed E-state index contributed by atoms with van der Waals surface area (Å²) in [6.07, 6.45) is 0. The normalized spacial score (nSPS) is 12.6. The summed E-state index contributed by atoms with van der Waals surface area (Å²) in [6, 6.07) is 9.52. The number of ketones is 1. The van der Waals surface area contributed by atoms with Gasteiger partial charge in [-0.2, -0.15) is 0 Å². The molecule has 0 bridgehead atoms. The van der Waals surface area contributed by atoms with E-state index in [9.17, 15) is 4.79 Å². The second-order valence-electron chi connectivity index (χ2n) is 5.27. The highest BCUT2D eigenvalue weighted by Gasteiger charge is 2.30. The molecule has 3 nitrogen and oxygen atoms in total. The Bertz CT molecular complexity index is 947. The molecule has 4 rings (SSSR count). The molecule has 4 heteroatoms. The average Bonchev–Trinajstić information content (AvgIpc) is 2.77. The number of hydrogen-bond donors (Lipinski definition) is 0. The molecule has 0 N–H and O–H groups in total. The molecule has 2 aromatic carbocycles. The number of nitrogens with zero attached hydrogens (tertiary/aromatic N) is 2. The molecule has 21 heavy (non-hydrogen) atoms. The Morgan fingerprint density at radius 3 is 2.43 bits per heavy atom. The van der Waals surface area contributed by atoms with Crippen molar-refractivity contribution in [2.45, 2.75) is 13.8 Å². The van der Waals surface area contributed by atoms with Gasteiger partial charge in [-0.3, -0.25) is 4.79 Å². The van der Waals surface area contributed by atoms with Gasteiger partial charge in [0.05, 0.1) is 11.0 Å². The zero-order valence-corrected chi connectivity index (χ0v) is 13.2. The summed E-state index contributed by atoms with van der Waals surface area (Å²) in [5, 5.41) is 0. The number of aryl methyl sites for hydroxylation is 1. The third-order valence-corrected chi connectivity index (χ3v) is 4.93. The summed E-state index contributed by atoms with van der Waals surface area (Å²) in [6.45, 7) is 4.04. The number of halogens is 1. The van der Waals surface area contributed by atoms with Gasteiger partial charge in [0.1, 0.15) is 11.4 Å². The molecule has 3 aromatic rings. The monoisotopic (exact) mass is 338 g/mol. The van der Waals surface area contributed by atoms with Crippen molar-refractivity contribution in [2.75, 3.05) is 0 Å². The van der Waals surface area contributed by atoms with E-state index in [2.05, 4.69) is 20.9 Å². The fourth-order valence-electron chi connectivity index (χ4n) is 2.77. The van der Waals surface area contributed by atoms with Gasteiger partial charge < -0.3 is 0 Å². The number of hydrogen-bond acceptors (Lipinski definition) is 3. The van der Waals surface area contributed by atoms with Gasteiger partial charge in [-0.15, -0.1) is 0 Å². The van der Waals surface area contributed by atoms with Crippen LogP contribution in [0.25, 0.3) is 22.3 Å². The Kier molecular flexibility index (Phi) is 2.54. The molecule has 0 spiro atoms. The molecule has 1 aliphatic carbocycles. The third kappa shape index (κ3) is 1.62. The molecule has 0 fully saturated rings. The van der Waals surface area contributed by atoms with Crippen LogP contribution in [0, 0.1) is 13.8 Å². The summed E-state index contributed by atoms with van der Waals surface area (Å²) in [7, 11) is 0. The average molecular weight is 339 g/mol.